The number of rotatable bonds is 6. The topological polar surface area (TPSA) is 43.8 Å². The van der Waals surface area contributed by atoms with E-state index in [-0.39, 0.29) is 0 Å². The summed E-state index contributed by atoms with van der Waals surface area (Å²) < 4.78 is 1.85. The van der Waals surface area contributed by atoms with Crippen LogP contribution in [0, 0.1) is 0 Å². The molecule has 2 aromatic rings. The van der Waals surface area contributed by atoms with Crippen LogP contribution in [-0.4, -0.2) is 16.3 Å². The fourth-order valence-corrected chi connectivity index (χ4v) is 2.30. The summed E-state index contributed by atoms with van der Waals surface area (Å²) in [5.41, 5.74) is 8.53. The maximum atomic E-state index is 5.87. The number of hydrogen-bond donors (Lipinski definition) is 1. The Labute approximate surface area is 109 Å². The second kappa shape index (κ2) is 6.36. The normalized spacial score (nSPS) is 12.6. The SMILES string of the molecule is Cn1cc(CCCC(CN)c2ccccc2)cn1. The summed E-state index contributed by atoms with van der Waals surface area (Å²) >= 11 is 0. The van der Waals surface area contributed by atoms with Crippen molar-refractivity contribution in [2.24, 2.45) is 12.8 Å². The molecule has 1 heterocycles. The zero-order valence-corrected chi connectivity index (χ0v) is 10.9. The molecule has 18 heavy (non-hydrogen) atoms. The van der Waals surface area contributed by atoms with Gasteiger partial charge in [-0.3, -0.25) is 4.68 Å². The first-order chi connectivity index (χ1) is 8.79. The second-order valence-electron chi connectivity index (χ2n) is 4.76. The smallest absolute Gasteiger partial charge is 0.0521 e. The molecule has 1 unspecified atom stereocenters. The van der Waals surface area contributed by atoms with E-state index in [1.54, 1.807) is 0 Å². The van der Waals surface area contributed by atoms with E-state index in [4.69, 9.17) is 5.73 Å². The van der Waals surface area contributed by atoms with Gasteiger partial charge in [0.15, 0.2) is 0 Å². The number of benzene rings is 1. The monoisotopic (exact) mass is 243 g/mol. The van der Waals surface area contributed by atoms with Crippen LogP contribution in [0.3, 0.4) is 0 Å². The van der Waals surface area contributed by atoms with Crippen molar-refractivity contribution in [3.8, 4) is 0 Å². The van der Waals surface area contributed by atoms with Crippen molar-refractivity contribution in [3.63, 3.8) is 0 Å². The quantitative estimate of drug-likeness (QED) is 0.847. The first kappa shape index (κ1) is 12.8. The highest BCUT2D eigenvalue weighted by Gasteiger charge is 2.09. The van der Waals surface area contributed by atoms with Crippen molar-refractivity contribution in [2.45, 2.75) is 25.2 Å². The molecule has 0 aliphatic carbocycles. The van der Waals surface area contributed by atoms with Gasteiger partial charge in [-0.2, -0.15) is 5.10 Å². The summed E-state index contributed by atoms with van der Waals surface area (Å²) in [4.78, 5) is 0. The van der Waals surface area contributed by atoms with Gasteiger partial charge in [0.25, 0.3) is 0 Å². The first-order valence-electron chi connectivity index (χ1n) is 6.52. The summed E-state index contributed by atoms with van der Waals surface area (Å²) in [6.07, 6.45) is 7.40. The fourth-order valence-electron chi connectivity index (χ4n) is 2.30. The zero-order valence-electron chi connectivity index (χ0n) is 10.9. The van der Waals surface area contributed by atoms with Crippen LogP contribution in [0.2, 0.25) is 0 Å². The maximum Gasteiger partial charge on any atom is 0.0521 e. The summed E-state index contributed by atoms with van der Waals surface area (Å²) in [6.45, 7) is 0.719. The van der Waals surface area contributed by atoms with Crippen LogP contribution in [0.5, 0.6) is 0 Å². The van der Waals surface area contributed by atoms with Crippen molar-refractivity contribution in [1.29, 1.82) is 0 Å². The van der Waals surface area contributed by atoms with Gasteiger partial charge >= 0.3 is 0 Å². The van der Waals surface area contributed by atoms with Crippen molar-refractivity contribution >= 4 is 0 Å². The molecule has 2 N–H and O–H groups in total. The minimum atomic E-state index is 0.475. The molecule has 2 rings (SSSR count). The third-order valence-electron chi connectivity index (χ3n) is 3.33. The Morgan fingerprint density at radius 1 is 1.28 bits per heavy atom. The van der Waals surface area contributed by atoms with Gasteiger partial charge in [0.1, 0.15) is 0 Å². The average Bonchev–Trinajstić information content (AvgIpc) is 2.81. The molecule has 1 aromatic heterocycles. The highest BCUT2D eigenvalue weighted by molar-refractivity contribution is 5.19. The molecular weight excluding hydrogens is 222 g/mol. The molecule has 0 aliphatic heterocycles. The van der Waals surface area contributed by atoms with E-state index < -0.39 is 0 Å². The fraction of sp³-hybridized carbons (Fsp3) is 0.400. The summed E-state index contributed by atoms with van der Waals surface area (Å²) in [7, 11) is 1.95. The van der Waals surface area contributed by atoms with E-state index in [2.05, 4.69) is 35.6 Å². The van der Waals surface area contributed by atoms with Crippen LogP contribution < -0.4 is 5.73 Å². The molecule has 96 valence electrons. The lowest BCUT2D eigenvalue weighted by Gasteiger charge is -2.14. The van der Waals surface area contributed by atoms with Gasteiger partial charge in [0, 0.05) is 13.2 Å². The van der Waals surface area contributed by atoms with Gasteiger partial charge in [-0.15, -0.1) is 0 Å². The van der Waals surface area contributed by atoms with E-state index in [9.17, 15) is 0 Å². The van der Waals surface area contributed by atoms with Gasteiger partial charge in [-0.1, -0.05) is 30.3 Å². The van der Waals surface area contributed by atoms with Gasteiger partial charge in [0.05, 0.1) is 6.20 Å². The standard InChI is InChI=1S/C15H21N3/c1-18-12-13(11-17-18)6-5-9-15(10-16)14-7-3-2-4-8-14/h2-4,7-8,11-12,15H,5-6,9-10,16H2,1H3. The van der Waals surface area contributed by atoms with Crippen LogP contribution in [0.4, 0.5) is 0 Å². The second-order valence-corrected chi connectivity index (χ2v) is 4.76. The lowest BCUT2D eigenvalue weighted by atomic mass is 9.93. The Hall–Kier alpha value is -1.61. The molecule has 0 saturated carbocycles. The van der Waals surface area contributed by atoms with Crippen molar-refractivity contribution < 1.29 is 0 Å². The molecular formula is C15H21N3. The first-order valence-corrected chi connectivity index (χ1v) is 6.52. The number of hydrogen-bond acceptors (Lipinski definition) is 2. The number of aryl methyl sites for hydroxylation is 2. The van der Waals surface area contributed by atoms with Crippen LogP contribution in [0.25, 0.3) is 0 Å². The molecule has 0 fully saturated rings. The Balaban J connectivity index is 1.84. The zero-order chi connectivity index (χ0) is 12.8. The molecule has 0 amide bonds. The number of nitrogens with two attached hydrogens (primary N) is 1. The lowest BCUT2D eigenvalue weighted by molar-refractivity contribution is 0.599. The largest absolute Gasteiger partial charge is 0.330 e. The van der Waals surface area contributed by atoms with E-state index >= 15 is 0 Å². The van der Waals surface area contributed by atoms with Crippen molar-refractivity contribution in [3.05, 3.63) is 53.9 Å². The van der Waals surface area contributed by atoms with Crippen molar-refractivity contribution in [2.75, 3.05) is 6.54 Å². The van der Waals surface area contributed by atoms with Crippen LogP contribution in [0.1, 0.15) is 29.9 Å². The minimum absolute atomic E-state index is 0.475. The third kappa shape index (κ3) is 3.44. The van der Waals surface area contributed by atoms with Gasteiger partial charge in [-0.05, 0) is 42.9 Å². The van der Waals surface area contributed by atoms with E-state index in [0.29, 0.717) is 5.92 Å². The highest BCUT2D eigenvalue weighted by atomic mass is 15.2. The molecule has 0 saturated heterocycles. The number of aromatic nitrogens is 2. The summed E-state index contributed by atoms with van der Waals surface area (Å²) in [6, 6.07) is 10.5. The Morgan fingerprint density at radius 2 is 2.06 bits per heavy atom. The maximum absolute atomic E-state index is 5.87. The Morgan fingerprint density at radius 3 is 2.67 bits per heavy atom. The molecule has 0 spiro atoms. The minimum Gasteiger partial charge on any atom is -0.330 e. The Bertz CT molecular complexity index is 462. The highest BCUT2D eigenvalue weighted by Crippen LogP contribution is 2.20. The van der Waals surface area contributed by atoms with Gasteiger partial charge in [-0.25, -0.2) is 0 Å². The third-order valence-corrected chi connectivity index (χ3v) is 3.33. The molecule has 0 aliphatic rings. The summed E-state index contributed by atoms with van der Waals surface area (Å²) in [5.74, 6) is 0.475. The van der Waals surface area contributed by atoms with E-state index in [1.165, 1.54) is 11.1 Å². The van der Waals surface area contributed by atoms with Crippen LogP contribution in [-0.2, 0) is 13.5 Å². The molecule has 3 nitrogen and oxygen atoms in total. The molecule has 3 heteroatoms. The molecule has 0 radical (unpaired) electrons. The van der Waals surface area contributed by atoms with Gasteiger partial charge in [0.2, 0.25) is 0 Å². The number of nitrogens with zero attached hydrogens (tertiary/aromatic N) is 2. The van der Waals surface area contributed by atoms with Crippen LogP contribution in [0.15, 0.2) is 42.7 Å². The van der Waals surface area contributed by atoms with Crippen LogP contribution >= 0.6 is 0 Å². The summed E-state index contributed by atoms with van der Waals surface area (Å²) in [5, 5.41) is 4.18. The lowest BCUT2D eigenvalue weighted by Crippen LogP contribution is -2.12. The Kier molecular flexibility index (Phi) is 4.53. The van der Waals surface area contributed by atoms with E-state index in [0.717, 1.165) is 25.8 Å². The predicted octanol–water partition coefficient (Wildman–Crippen LogP) is 2.49. The van der Waals surface area contributed by atoms with E-state index in [1.807, 2.05) is 24.0 Å². The molecule has 1 atom stereocenters. The average molecular weight is 243 g/mol. The molecule has 0 bridgehead atoms. The van der Waals surface area contributed by atoms with Gasteiger partial charge < -0.3 is 5.73 Å². The predicted molar refractivity (Wildman–Crippen MR) is 74.4 cm³/mol. The van der Waals surface area contributed by atoms with Crippen molar-refractivity contribution in [1.82, 2.24) is 9.78 Å². The molecule has 1 aromatic carbocycles.